The average Bonchev–Trinajstić information content (AvgIpc) is 2.83. The maximum atomic E-state index is 13.9. The predicted octanol–water partition coefficient (Wildman–Crippen LogP) is 4.82. The fourth-order valence-corrected chi connectivity index (χ4v) is 4.11. The summed E-state index contributed by atoms with van der Waals surface area (Å²) in [4.78, 5) is 28.4. The summed E-state index contributed by atoms with van der Waals surface area (Å²) >= 11 is 0. The van der Waals surface area contributed by atoms with Crippen LogP contribution in [0.2, 0.25) is 0 Å². The van der Waals surface area contributed by atoms with Crippen molar-refractivity contribution >= 4 is 18.2 Å². The number of likely N-dealkylation sites (tertiary alicyclic amines) is 2. The molecular weight excluding hydrogens is 428 g/mol. The first-order chi connectivity index (χ1) is 16.0. The second-order valence-electron chi connectivity index (χ2n) is 8.35. The average molecular weight is 456 g/mol. The largest absolute Gasteiger partial charge is 0.415 e. The van der Waals surface area contributed by atoms with Crippen molar-refractivity contribution < 1.29 is 23.1 Å². The van der Waals surface area contributed by atoms with E-state index in [1.807, 2.05) is 18.2 Å². The summed E-state index contributed by atoms with van der Waals surface area (Å²) in [5.74, 6) is -0.418. The number of carbonyl (C=O) groups excluding carboxylic acids is 2. The van der Waals surface area contributed by atoms with Gasteiger partial charge in [-0.3, -0.25) is 0 Å². The summed E-state index contributed by atoms with van der Waals surface area (Å²) in [6.45, 7) is 2.08. The van der Waals surface area contributed by atoms with Crippen LogP contribution in [0.5, 0.6) is 5.75 Å². The van der Waals surface area contributed by atoms with Crippen LogP contribution in [0.25, 0.3) is 6.08 Å². The lowest BCUT2D eigenvalue weighted by atomic mass is 10.0. The number of para-hydroxylation sites is 1. The lowest BCUT2D eigenvalue weighted by Gasteiger charge is -2.34. The molecular formula is C25H27F2N3O3. The van der Waals surface area contributed by atoms with E-state index in [9.17, 15) is 18.4 Å². The molecule has 2 aromatic carbocycles. The minimum Gasteiger partial charge on any atom is -0.410 e. The molecule has 0 saturated carbocycles. The van der Waals surface area contributed by atoms with Crippen LogP contribution in [0.3, 0.4) is 0 Å². The molecule has 3 amide bonds. The van der Waals surface area contributed by atoms with Crippen molar-refractivity contribution in [1.29, 1.82) is 0 Å². The van der Waals surface area contributed by atoms with E-state index in [-0.39, 0.29) is 23.7 Å². The molecule has 0 atom stereocenters. The van der Waals surface area contributed by atoms with Crippen LogP contribution >= 0.6 is 0 Å². The van der Waals surface area contributed by atoms with E-state index in [2.05, 4.69) is 5.32 Å². The highest BCUT2D eigenvalue weighted by molar-refractivity contribution is 5.75. The normalized spacial score (nSPS) is 17.0. The van der Waals surface area contributed by atoms with Gasteiger partial charge in [0, 0.05) is 37.8 Å². The third kappa shape index (κ3) is 6.09. The van der Waals surface area contributed by atoms with E-state index >= 15 is 0 Å². The number of amides is 3. The Morgan fingerprint density at radius 2 is 1.64 bits per heavy atom. The standard InChI is InChI=1S/C25H27F2N3O3/c26-20-6-7-23(27)19(17-20)16-18-8-12-29(13-9-18)24(31)28-21-10-14-30(15-11-21)25(32)33-22-4-2-1-3-5-22/h1-7,16-17,21H,8-15H2,(H,28,31). The van der Waals surface area contributed by atoms with Gasteiger partial charge in [0.15, 0.2) is 0 Å². The van der Waals surface area contributed by atoms with E-state index < -0.39 is 11.6 Å². The highest BCUT2D eigenvalue weighted by Crippen LogP contribution is 2.22. The van der Waals surface area contributed by atoms with Crippen LogP contribution in [-0.2, 0) is 0 Å². The second kappa shape index (κ2) is 10.5. The molecule has 2 fully saturated rings. The van der Waals surface area contributed by atoms with E-state index in [1.165, 1.54) is 6.07 Å². The van der Waals surface area contributed by atoms with Gasteiger partial charge in [-0.2, -0.15) is 0 Å². The van der Waals surface area contributed by atoms with Gasteiger partial charge in [-0.1, -0.05) is 29.8 Å². The van der Waals surface area contributed by atoms with Crippen molar-refractivity contribution in [2.75, 3.05) is 26.2 Å². The number of benzene rings is 2. The van der Waals surface area contributed by atoms with Crippen LogP contribution in [-0.4, -0.2) is 54.1 Å². The van der Waals surface area contributed by atoms with Crippen molar-refractivity contribution in [3.8, 4) is 5.75 Å². The number of rotatable bonds is 3. The van der Waals surface area contributed by atoms with Crippen LogP contribution in [0.4, 0.5) is 18.4 Å². The van der Waals surface area contributed by atoms with Gasteiger partial charge in [0.25, 0.3) is 0 Å². The van der Waals surface area contributed by atoms with Gasteiger partial charge in [-0.15, -0.1) is 0 Å². The Hall–Kier alpha value is -3.42. The fraction of sp³-hybridized carbons (Fsp3) is 0.360. The number of nitrogens with zero attached hydrogens (tertiary/aromatic N) is 2. The van der Waals surface area contributed by atoms with Crippen molar-refractivity contribution in [1.82, 2.24) is 15.1 Å². The first-order valence-electron chi connectivity index (χ1n) is 11.2. The van der Waals surface area contributed by atoms with E-state index in [0.29, 0.717) is 57.6 Å². The first kappa shape index (κ1) is 22.8. The Morgan fingerprint density at radius 3 is 2.33 bits per heavy atom. The minimum absolute atomic E-state index is 0.00314. The van der Waals surface area contributed by atoms with Crippen molar-refractivity contribution in [3.63, 3.8) is 0 Å². The number of urea groups is 1. The molecule has 2 aliphatic rings. The SMILES string of the molecule is O=C(NC1CCN(C(=O)Oc2ccccc2)CC1)N1CCC(=Cc2cc(F)ccc2F)CC1. The number of hydrogen-bond acceptors (Lipinski definition) is 3. The maximum Gasteiger partial charge on any atom is 0.415 e. The Morgan fingerprint density at radius 1 is 0.939 bits per heavy atom. The van der Waals surface area contributed by atoms with Crippen LogP contribution in [0, 0.1) is 11.6 Å². The molecule has 0 aromatic heterocycles. The second-order valence-corrected chi connectivity index (χ2v) is 8.35. The van der Waals surface area contributed by atoms with Gasteiger partial charge in [0.1, 0.15) is 17.4 Å². The van der Waals surface area contributed by atoms with Crippen molar-refractivity contribution in [2.45, 2.75) is 31.7 Å². The Balaban J connectivity index is 1.21. The topological polar surface area (TPSA) is 61.9 Å². The molecule has 33 heavy (non-hydrogen) atoms. The number of nitrogens with one attached hydrogen (secondary N) is 1. The molecule has 0 radical (unpaired) electrons. The van der Waals surface area contributed by atoms with Gasteiger partial charge in [0.05, 0.1) is 0 Å². The number of hydrogen-bond donors (Lipinski definition) is 1. The molecule has 0 unspecified atom stereocenters. The summed E-state index contributed by atoms with van der Waals surface area (Å²) in [5.41, 5.74) is 1.23. The molecule has 6 nitrogen and oxygen atoms in total. The van der Waals surface area contributed by atoms with Crippen LogP contribution < -0.4 is 10.1 Å². The smallest absolute Gasteiger partial charge is 0.410 e. The summed E-state index contributed by atoms with van der Waals surface area (Å²) < 4.78 is 32.6. The molecule has 2 saturated heterocycles. The maximum absolute atomic E-state index is 13.9. The first-order valence-corrected chi connectivity index (χ1v) is 11.2. The zero-order chi connectivity index (χ0) is 23.2. The third-order valence-corrected chi connectivity index (χ3v) is 6.04. The lowest BCUT2D eigenvalue weighted by molar-refractivity contribution is 0.134. The Kier molecular flexibility index (Phi) is 7.22. The Bertz CT molecular complexity index is 1010. The molecule has 0 aliphatic carbocycles. The summed E-state index contributed by atoms with van der Waals surface area (Å²) in [5, 5.41) is 3.06. The quantitative estimate of drug-likeness (QED) is 0.722. The molecule has 2 aliphatic heterocycles. The fourth-order valence-electron chi connectivity index (χ4n) is 4.11. The van der Waals surface area contributed by atoms with Gasteiger partial charge in [-0.05, 0) is 56.0 Å². The van der Waals surface area contributed by atoms with E-state index in [4.69, 9.17) is 4.74 Å². The number of piperidine rings is 2. The molecule has 4 rings (SSSR count). The summed E-state index contributed by atoms with van der Waals surface area (Å²) in [6.07, 6.45) is 3.86. The molecule has 8 heteroatoms. The van der Waals surface area contributed by atoms with Gasteiger partial charge < -0.3 is 19.9 Å². The summed E-state index contributed by atoms with van der Waals surface area (Å²) in [6, 6.07) is 12.2. The van der Waals surface area contributed by atoms with E-state index in [0.717, 1.165) is 17.7 Å². The molecule has 0 bridgehead atoms. The zero-order valence-corrected chi connectivity index (χ0v) is 18.3. The van der Waals surface area contributed by atoms with Crippen molar-refractivity contribution in [2.24, 2.45) is 0 Å². The van der Waals surface area contributed by atoms with Crippen LogP contribution in [0.1, 0.15) is 31.2 Å². The van der Waals surface area contributed by atoms with Gasteiger partial charge in [0.2, 0.25) is 0 Å². The number of ether oxygens (including phenoxy) is 1. The summed E-state index contributed by atoms with van der Waals surface area (Å²) in [7, 11) is 0. The highest BCUT2D eigenvalue weighted by Gasteiger charge is 2.27. The molecule has 2 heterocycles. The Labute approximate surface area is 191 Å². The molecule has 0 spiro atoms. The van der Waals surface area contributed by atoms with Crippen molar-refractivity contribution in [3.05, 3.63) is 71.3 Å². The monoisotopic (exact) mass is 455 g/mol. The third-order valence-electron chi connectivity index (χ3n) is 6.04. The zero-order valence-electron chi connectivity index (χ0n) is 18.3. The number of halogens is 2. The lowest BCUT2D eigenvalue weighted by Crippen LogP contribution is -2.51. The van der Waals surface area contributed by atoms with E-state index in [1.54, 1.807) is 28.0 Å². The highest BCUT2D eigenvalue weighted by atomic mass is 19.1. The number of carbonyl (C=O) groups is 2. The molecule has 174 valence electrons. The molecule has 2 aromatic rings. The minimum atomic E-state index is -0.473. The predicted molar refractivity (Wildman–Crippen MR) is 121 cm³/mol. The van der Waals surface area contributed by atoms with Crippen LogP contribution in [0.15, 0.2) is 54.1 Å². The van der Waals surface area contributed by atoms with Gasteiger partial charge in [-0.25, -0.2) is 18.4 Å². The molecule has 1 N–H and O–H groups in total. The van der Waals surface area contributed by atoms with Gasteiger partial charge >= 0.3 is 12.1 Å².